The monoisotopic (exact) mass is 221 g/mol. The van der Waals surface area contributed by atoms with Crippen LogP contribution >= 0.6 is 0 Å². The molecule has 86 valence electrons. The maximum Gasteiger partial charge on any atom is 0.412 e. The minimum Gasteiger partial charge on any atom is -0.444 e. The second-order valence-corrected chi connectivity index (χ2v) is 3.86. The van der Waals surface area contributed by atoms with Crippen molar-refractivity contribution in [3.05, 3.63) is 35.9 Å². The Balaban J connectivity index is 1.84. The molecule has 4 nitrogen and oxygen atoms in total. The van der Waals surface area contributed by atoms with Crippen molar-refractivity contribution in [1.29, 1.82) is 0 Å². The van der Waals surface area contributed by atoms with E-state index in [1.165, 1.54) is 4.90 Å². The number of likely N-dealkylation sites (tertiary alicyclic amines) is 1. The van der Waals surface area contributed by atoms with Crippen molar-refractivity contribution >= 4 is 6.09 Å². The molecule has 1 aliphatic heterocycles. The van der Waals surface area contributed by atoms with Gasteiger partial charge in [-0.25, -0.2) is 4.79 Å². The van der Waals surface area contributed by atoms with Crippen LogP contribution in [0.4, 0.5) is 4.79 Å². The van der Waals surface area contributed by atoms with Gasteiger partial charge in [0.1, 0.15) is 12.8 Å². The number of nitrogens with zero attached hydrogens (tertiary/aromatic N) is 1. The molecule has 16 heavy (non-hydrogen) atoms. The first-order valence-corrected chi connectivity index (χ1v) is 5.43. The van der Waals surface area contributed by atoms with Crippen LogP contribution in [0.15, 0.2) is 30.3 Å². The lowest BCUT2D eigenvalue weighted by molar-refractivity contribution is 0.0220. The van der Waals surface area contributed by atoms with Crippen LogP contribution in [-0.4, -0.2) is 28.9 Å². The summed E-state index contributed by atoms with van der Waals surface area (Å²) in [5, 5.41) is 9.48. The number of aliphatic hydroxyl groups is 1. The molecule has 1 saturated heterocycles. The summed E-state index contributed by atoms with van der Waals surface area (Å²) in [4.78, 5) is 12.9. The van der Waals surface area contributed by atoms with Crippen LogP contribution in [0.1, 0.15) is 18.4 Å². The fraction of sp³-hybridized carbons (Fsp3) is 0.417. The molecule has 0 bridgehead atoms. The van der Waals surface area contributed by atoms with E-state index >= 15 is 0 Å². The van der Waals surface area contributed by atoms with Crippen LogP contribution in [0.2, 0.25) is 0 Å². The molecule has 4 heteroatoms. The van der Waals surface area contributed by atoms with E-state index in [1.54, 1.807) is 0 Å². The summed E-state index contributed by atoms with van der Waals surface area (Å²) in [6, 6.07) is 9.50. The minimum atomic E-state index is -0.678. The van der Waals surface area contributed by atoms with Gasteiger partial charge in [0.15, 0.2) is 0 Å². The zero-order valence-corrected chi connectivity index (χ0v) is 9.00. The van der Waals surface area contributed by atoms with E-state index < -0.39 is 12.3 Å². The van der Waals surface area contributed by atoms with Crippen molar-refractivity contribution in [3.8, 4) is 0 Å². The lowest BCUT2D eigenvalue weighted by Crippen LogP contribution is -2.35. The van der Waals surface area contributed by atoms with Gasteiger partial charge in [-0.05, 0) is 18.4 Å². The molecule has 1 fully saturated rings. The Hall–Kier alpha value is -1.55. The number of hydrogen-bond acceptors (Lipinski definition) is 3. The van der Waals surface area contributed by atoms with E-state index in [0.717, 1.165) is 12.0 Å². The number of ether oxygens (including phenoxy) is 1. The summed E-state index contributed by atoms with van der Waals surface area (Å²) >= 11 is 0. The number of amides is 1. The first-order valence-electron chi connectivity index (χ1n) is 5.43. The van der Waals surface area contributed by atoms with Gasteiger partial charge >= 0.3 is 6.09 Å². The molecular weight excluding hydrogens is 206 g/mol. The Morgan fingerprint density at radius 1 is 1.44 bits per heavy atom. The summed E-state index contributed by atoms with van der Waals surface area (Å²) in [5.74, 6) is 0. The van der Waals surface area contributed by atoms with Crippen LogP contribution < -0.4 is 0 Å². The molecule has 0 aliphatic carbocycles. The van der Waals surface area contributed by atoms with Crippen LogP contribution in [-0.2, 0) is 11.3 Å². The van der Waals surface area contributed by atoms with E-state index in [9.17, 15) is 9.90 Å². The lowest BCUT2D eigenvalue weighted by atomic mass is 10.2. The highest BCUT2D eigenvalue weighted by molar-refractivity contribution is 5.68. The molecule has 0 unspecified atom stereocenters. The van der Waals surface area contributed by atoms with E-state index in [1.807, 2.05) is 30.3 Å². The highest BCUT2D eigenvalue weighted by Gasteiger charge is 2.27. The Morgan fingerprint density at radius 3 is 2.81 bits per heavy atom. The average Bonchev–Trinajstić information content (AvgIpc) is 2.74. The Labute approximate surface area is 94.4 Å². The Bertz CT molecular complexity index is 353. The molecule has 0 aromatic heterocycles. The molecule has 1 atom stereocenters. The maximum atomic E-state index is 11.6. The van der Waals surface area contributed by atoms with Gasteiger partial charge in [-0.15, -0.1) is 0 Å². The predicted molar refractivity (Wildman–Crippen MR) is 58.6 cm³/mol. The van der Waals surface area contributed by atoms with Gasteiger partial charge in [-0.1, -0.05) is 30.3 Å². The number of rotatable bonds is 2. The molecule has 0 saturated carbocycles. The third-order valence-corrected chi connectivity index (χ3v) is 2.66. The van der Waals surface area contributed by atoms with Gasteiger partial charge < -0.3 is 9.84 Å². The van der Waals surface area contributed by atoms with Crippen molar-refractivity contribution in [1.82, 2.24) is 4.90 Å². The topological polar surface area (TPSA) is 49.8 Å². The maximum absolute atomic E-state index is 11.6. The van der Waals surface area contributed by atoms with Crippen molar-refractivity contribution < 1.29 is 14.6 Å². The summed E-state index contributed by atoms with van der Waals surface area (Å²) in [7, 11) is 0. The highest BCUT2D eigenvalue weighted by Crippen LogP contribution is 2.16. The molecular formula is C12H15NO3. The summed E-state index contributed by atoms with van der Waals surface area (Å²) < 4.78 is 5.11. The zero-order chi connectivity index (χ0) is 11.4. The minimum absolute atomic E-state index is 0.253. The van der Waals surface area contributed by atoms with E-state index in [4.69, 9.17) is 4.74 Å². The van der Waals surface area contributed by atoms with Crippen molar-refractivity contribution in [2.24, 2.45) is 0 Å². The van der Waals surface area contributed by atoms with Crippen molar-refractivity contribution in [3.63, 3.8) is 0 Å². The SMILES string of the molecule is O=C(OCc1ccccc1)N1CCC[C@H]1O. The third-order valence-electron chi connectivity index (χ3n) is 2.66. The van der Waals surface area contributed by atoms with Gasteiger partial charge in [0, 0.05) is 6.54 Å². The predicted octanol–water partition coefficient (Wildman–Crippen LogP) is 1.74. The van der Waals surface area contributed by atoms with E-state index in [0.29, 0.717) is 13.0 Å². The number of carbonyl (C=O) groups is 1. The molecule has 1 amide bonds. The molecule has 1 heterocycles. The first kappa shape index (κ1) is 11.0. The Morgan fingerprint density at radius 2 is 2.19 bits per heavy atom. The molecule has 1 aromatic carbocycles. The molecule has 1 aliphatic rings. The van der Waals surface area contributed by atoms with Crippen LogP contribution in [0.25, 0.3) is 0 Å². The normalized spacial score (nSPS) is 19.8. The third kappa shape index (κ3) is 2.52. The number of benzene rings is 1. The number of carbonyl (C=O) groups excluding carboxylic acids is 1. The largest absolute Gasteiger partial charge is 0.444 e. The first-order chi connectivity index (χ1) is 7.77. The standard InChI is InChI=1S/C12H15NO3/c14-11-7-4-8-13(11)12(15)16-9-10-5-2-1-3-6-10/h1-3,5-6,11,14H,4,7-9H2/t11-/m1/s1. The fourth-order valence-corrected chi connectivity index (χ4v) is 1.76. The zero-order valence-electron chi connectivity index (χ0n) is 9.00. The quantitative estimate of drug-likeness (QED) is 0.827. The summed E-state index contributed by atoms with van der Waals surface area (Å²) in [6.45, 7) is 0.831. The van der Waals surface area contributed by atoms with Gasteiger partial charge in [0.2, 0.25) is 0 Å². The van der Waals surface area contributed by atoms with E-state index in [-0.39, 0.29) is 6.61 Å². The number of hydrogen-bond donors (Lipinski definition) is 1. The van der Waals surface area contributed by atoms with Gasteiger partial charge in [0.05, 0.1) is 0 Å². The average molecular weight is 221 g/mol. The van der Waals surface area contributed by atoms with Gasteiger partial charge in [0.25, 0.3) is 0 Å². The van der Waals surface area contributed by atoms with Crippen LogP contribution in [0.3, 0.4) is 0 Å². The molecule has 0 spiro atoms. The second-order valence-electron chi connectivity index (χ2n) is 3.86. The lowest BCUT2D eigenvalue weighted by Gasteiger charge is -2.19. The Kier molecular flexibility index (Phi) is 3.41. The molecule has 1 aromatic rings. The van der Waals surface area contributed by atoms with Crippen LogP contribution in [0, 0.1) is 0 Å². The van der Waals surface area contributed by atoms with Gasteiger partial charge in [-0.3, -0.25) is 4.90 Å². The van der Waals surface area contributed by atoms with E-state index in [2.05, 4.69) is 0 Å². The number of aliphatic hydroxyl groups excluding tert-OH is 1. The summed E-state index contributed by atoms with van der Waals surface area (Å²) in [5.41, 5.74) is 0.949. The fourth-order valence-electron chi connectivity index (χ4n) is 1.76. The van der Waals surface area contributed by atoms with Crippen molar-refractivity contribution in [2.75, 3.05) is 6.54 Å². The van der Waals surface area contributed by atoms with Gasteiger partial charge in [-0.2, -0.15) is 0 Å². The molecule has 0 radical (unpaired) electrons. The smallest absolute Gasteiger partial charge is 0.412 e. The molecule has 1 N–H and O–H groups in total. The second kappa shape index (κ2) is 4.99. The van der Waals surface area contributed by atoms with Crippen LogP contribution in [0.5, 0.6) is 0 Å². The molecule has 2 rings (SSSR count). The summed E-state index contributed by atoms with van der Waals surface area (Å²) in [6.07, 6.45) is 0.360. The van der Waals surface area contributed by atoms with Crippen molar-refractivity contribution in [2.45, 2.75) is 25.7 Å². The highest BCUT2D eigenvalue weighted by atomic mass is 16.6.